The van der Waals surface area contributed by atoms with E-state index in [0.29, 0.717) is 19.7 Å². The first kappa shape index (κ1) is 18.2. The smallest absolute Gasteiger partial charge is 0.317 e. The highest BCUT2D eigenvalue weighted by Crippen LogP contribution is 2.16. The van der Waals surface area contributed by atoms with Crippen LogP contribution in [-0.4, -0.2) is 42.2 Å². The molecule has 0 unspecified atom stereocenters. The van der Waals surface area contributed by atoms with Crippen LogP contribution in [0.3, 0.4) is 0 Å². The van der Waals surface area contributed by atoms with Gasteiger partial charge in [0.15, 0.2) is 0 Å². The van der Waals surface area contributed by atoms with E-state index < -0.39 is 0 Å². The first-order valence-corrected chi connectivity index (χ1v) is 8.92. The lowest BCUT2D eigenvalue weighted by Crippen LogP contribution is -2.47. The maximum atomic E-state index is 12.5. The molecule has 0 bridgehead atoms. The van der Waals surface area contributed by atoms with E-state index in [2.05, 4.69) is 10.3 Å². The number of urea groups is 1. The number of pyridine rings is 1. The Balaban J connectivity index is 1.46. The molecule has 0 aliphatic carbocycles. The van der Waals surface area contributed by atoms with Crippen molar-refractivity contribution in [2.75, 3.05) is 20.2 Å². The molecule has 1 N–H and O–H groups in total. The number of piperidine rings is 1. The van der Waals surface area contributed by atoms with E-state index in [-0.39, 0.29) is 12.1 Å². The molecule has 1 fully saturated rings. The summed E-state index contributed by atoms with van der Waals surface area (Å²) in [4.78, 5) is 18.6. The van der Waals surface area contributed by atoms with E-state index in [1.807, 2.05) is 47.4 Å². The Morgan fingerprint density at radius 2 is 2.23 bits per heavy atom. The number of hydrogen-bond acceptors (Lipinski definition) is 4. The van der Waals surface area contributed by atoms with Gasteiger partial charge in [-0.25, -0.2) is 4.79 Å². The molecule has 2 aromatic rings. The van der Waals surface area contributed by atoms with Crippen molar-refractivity contribution in [1.82, 2.24) is 15.2 Å². The highest BCUT2D eigenvalue weighted by Gasteiger charge is 2.24. The van der Waals surface area contributed by atoms with Crippen LogP contribution in [-0.2, 0) is 17.9 Å². The topological polar surface area (TPSA) is 63.7 Å². The van der Waals surface area contributed by atoms with Crippen molar-refractivity contribution in [2.24, 2.45) is 0 Å². The van der Waals surface area contributed by atoms with Gasteiger partial charge in [0.1, 0.15) is 5.75 Å². The van der Waals surface area contributed by atoms with E-state index in [4.69, 9.17) is 9.47 Å². The largest absolute Gasteiger partial charge is 0.497 e. The Kier molecular flexibility index (Phi) is 6.44. The van der Waals surface area contributed by atoms with E-state index in [1.54, 1.807) is 13.3 Å². The van der Waals surface area contributed by atoms with Gasteiger partial charge in [-0.2, -0.15) is 0 Å². The van der Waals surface area contributed by atoms with Gasteiger partial charge in [-0.15, -0.1) is 0 Å². The lowest BCUT2D eigenvalue weighted by Gasteiger charge is -2.32. The molecule has 26 heavy (non-hydrogen) atoms. The summed E-state index contributed by atoms with van der Waals surface area (Å²) in [6, 6.07) is 13.4. The number of rotatable bonds is 6. The molecule has 0 spiro atoms. The number of carbonyl (C=O) groups is 1. The van der Waals surface area contributed by atoms with E-state index in [9.17, 15) is 4.79 Å². The van der Waals surface area contributed by atoms with Crippen molar-refractivity contribution in [2.45, 2.75) is 32.1 Å². The molecule has 1 aromatic carbocycles. The molecule has 0 saturated carbocycles. The molecule has 0 radical (unpaired) electrons. The number of nitrogens with one attached hydrogen (secondary N) is 1. The average Bonchev–Trinajstić information content (AvgIpc) is 2.71. The highest BCUT2D eigenvalue weighted by molar-refractivity contribution is 5.74. The molecule has 1 saturated heterocycles. The highest BCUT2D eigenvalue weighted by atomic mass is 16.5. The predicted octanol–water partition coefficient (Wildman–Crippen LogP) is 2.98. The summed E-state index contributed by atoms with van der Waals surface area (Å²) in [5, 5.41) is 2.98. The Morgan fingerprint density at radius 3 is 3.04 bits per heavy atom. The molecule has 2 amide bonds. The van der Waals surface area contributed by atoms with Gasteiger partial charge in [0.05, 0.1) is 25.5 Å². The first-order valence-electron chi connectivity index (χ1n) is 8.92. The number of carbonyl (C=O) groups excluding carboxylic acids is 1. The number of benzene rings is 1. The van der Waals surface area contributed by atoms with Crippen molar-refractivity contribution >= 4 is 6.03 Å². The van der Waals surface area contributed by atoms with Crippen LogP contribution in [0.2, 0.25) is 0 Å². The number of likely N-dealkylation sites (tertiary alicyclic amines) is 1. The van der Waals surface area contributed by atoms with Crippen molar-refractivity contribution < 1.29 is 14.3 Å². The molecule has 138 valence electrons. The second-order valence-corrected chi connectivity index (χ2v) is 6.35. The lowest BCUT2D eigenvalue weighted by atomic mass is 10.1. The van der Waals surface area contributed by atoms with Gasteiger partial charge < -0.3 is 19.7 Å². The summed E-state index contributed by atoms with van der Waals surface area (Å²) >= 11 is 0. The van der Waals surface area contributed by atoms with Crippen LogP contribution in [0.25, 0.3) is 0 Å². The second-order valence-electron chi connectivity index (χ2n) is 6.35. The summed E-state index contributed by atoms with van der Waals surface area (Å²) in [6.07, 6.45) is 3.72. The van der Waals surface area contributed by atoms with Crippen molar-refractivity contribution in [1.29, 1.82) is 0 Å². The number of ether oxygens (including phenoxy) is 2. The lowest BCUT2D eigenvalue weighted by molar-refractivity contribution is -0.00168. The van der Waals surface area contributed by atoms with Gasteiger partial charge >= 0.3 is 6.03 Å². The minimum Gasteiger partial charge on any atom is -0.497 e. The minimum absolute atomic E-state index is 0.0494. The quantitative estimate of drug-likeness (QED) is 0.865. The van der Waals surface area contributed by atoms with Crippen LogP contribution in [0.5, 0.6) is 5.75 Å². The zero-order valence-electron chi connectivity index (χ0n) is 15.1. The molecule has 3 rings (SSSR count). The first-order chi connectivity index (χ1) is 12.7. The van der Waals surface area contributed by atoms with Gasteiger partial charge in [0.25, 0.3) is 0 Å². The molecular weight excluding hydrogens is 330 g/mol. The van der Waals surface area contributed by atoms with E-state index in [1.165, 1.54) is 0 Å². The van der Waals surface area contributed by atoms with Crippen LogP contribution in [0, 0.1) is 0 Å². The Morgan fingerprint density at radius 1 is 1.31 bits per heavy atom. The maximum absolute atomic E-state index is 12.5. The Bertz CT molecular complexity index is 708. The standard InChI is InChI=1S/C20H25N3O3/c1-25-18-8-4-6-16(12-18)13-22-20(24)23-11-5-9-19(14-23)26-15-17-7-2-3-10-21-17/h2-4,6-8,10,12,19H,5,9,11,13-15H2,1H3,(H,22,24)/t19-/m1/s1. The normalized spacial score (nSPS) is 17.0. The van der Waals surface area contributed by atoms with Gasteiger partial charge in [0.2, 0.25) is 0 Å². The second kappa shape index (κ2) is 9.20. The molecule has 6 nitrogen and oxygen atoms in total. The zero-order chi connectivity index (χ0) is 18.2. The number of hydrogen-bond donors (Lipinski definition) is 1. The summed E-state index contributed by atoms with van der Waals surface area (Å²) in [5.74, 6) is 0.790. The maximum Gasteiger partial charge on any atom is 0.317 e. The SMILES string of the molecule is COc1cccc(CNC(=O)N2CCC[C@@H](OCc3ccccn3)C2)c1. The van der Waals surface area contributed by atoms with E-state index in [0.717, 1.165) is 36.4 Å². The van der Waals surface area contributed by atoms with Crippen molar-refractivity contribution in [3.05, 3.63) is 59.9 Å². The predicted molar refractivity (Wildman–Crippen MR) is 98.9 cm³/mol. The molecule has 6 heteroatoms. The number of amides is 2. The fourth-order valence-corrected chi connectivity index (χ4v) is 3.02. The fraction of sp³-hybridized carbons (Fsp3) is 0.400. The third-order valence-corrected chi connectivity index (χ3v) is 4.44. The zero-order valence-corrected chi connectivity index (χ0v) is 15.1. The Hall–Kier alpha value is -2.60. The third-order valence-electron chi connectivity index (χ3n) is 4.44. The molecule has 2 heterocycles. The van der Waals surface area contributed by atoms with Gasteiger partial charge in [0, 0.05) is 25.8 Å². The van der Waals surface area contributed by atoms with Crippen LogP contribution >= 0.6 is 0 Å². The van der Waals surface area contributed by atoms with E-state index >= 15 is 0 Å². The van der Waals surface area contributed by atoms with Crippen LogP contribution in [0.1, 0.15) is 24.1 Å². The summed E-state index contributed by atoms with van der Waals surface area (Å²) < 4.78 is 11.2. The van der Waals surface area contributed by atoms with Crippen LogP contribution < -0.4 is 10.1 Å². The fourth-order valence-electron chi connectivity index (χ4n) is 3.02. The molecule has 1 aliphatic rings. The Labute approximate surface area is 154 Å². The van der Waals surface area contributed by atoms with Gasteiger partial charge in [-0.1, -0.05) is 18.2 Å². The number of methoxy groups -OCH3 is 1. The number of nitrogens with zero attached hydrogens (tertiary/aromatic N) is 2. The van der Waals surface area contributed by atoms with Crippen molar-refractivity contribution in [3.63, 3.8) is 0 Å². The van der Waals surface area contributed by atoms with Crippen molar-refractivity contribution in [3.8, 4) is 5.75 Å². The number of aromatic nitrogens is 1. The van der Waals surface area contributed by atoms with Crippen LogP contribution in [0.4, 0.5) is 4.79 Å². The van der Waals surface area contributed by atoms with Gasteiger partial charge in [-0.3, -0.25) is 4.98 Å². The summed E-state index contributed by atoms with van der Waals surface area (Å²) in [6.45, 7) is 2.32. The third kappa shape index (κ3) is 5.20. The minimum atomic E-state index is -0.0565. The molecule has 1 aliphatic heterocycles. The monoisotopic (exact) mass is 355 g/mol. The molecule has 1 aromatic heterocycles. The van der Waals surface area contributed by atoms with Gasteiger partial charge in [-0.05, 0) is 42.7 Å². The summed E-state index contributed by atoms with van der Waals surface area (Å²) in [5.41, 5.74) is 1.92. The average molecular weight is 355 g/mol. The molecular formula is C20H25N3O3. The summed E-state index contributed by atoms with van der Waals surface area (Å²) in [7, 11) is 1.64. The molecule has 1 atom stereocenters. The van der Waals surface area contributed by atoms with Crippen LogP contribution in [0.15, 0.2) is 48.7 Å².